The zero-order chi connectivity index (χ0) is 13.0. The van der Waals surface area contributed by atoms with Crippen LogP contribution in [0.15, 0.2) is 11.1 Å². The van der Waals surface area contributed by atoms with Crippen molar-refractivity contribution in [2.45, 2.75) is 10.4 Å². The van der Waals surface area contributed by atoms with Gasteiger partial charge in [0.05, 0.1) is 5.54 Å². The maximum absolute atomic E-state index is 12.1. The van der Waals surface area contributed by atoms with Gasteiger partial charge in [-0.2, -0.15) is 4.72 Å². The summed E-state index contributed by atoms with van der Waals surface area (Å²) >= 11 is 0. The predicted molar refractivity (Wildman–Crippen MR) is 60.7 cm³/mol. The molecule has 1 amide bonds. The van der Waals surface area contributed by atoms with Gasteiger partial charge in [0.1, 0.15) is 17.2 Å². The van der Waals surface area contributed by atoms with Crippen LogP contribution in [0.3, 0.4) is 0 Å². The van der Waals surface area contributed by atoms with Crippen molar-refractivity contribution in [3.63, 3.8) is 0 Å². The third-order valence-electron chi connectivity index (χ3n) is 3.10. The summed E-state index contributed by atoms with van der Waals surface area (Å²) in [6.07, 6.45) is 1.21. The number of carbonyl (C=O) groups excluding carboxylic acids is 1. The third kappa shape index (κ3) is 1.51. The van der Waals surface area contributed by atoms with Crippen LogP contribution in [0.1, 0.15) is 10.5 Å². The molecule has 2 aliphatic heterocycles. The van der Waals surface area contributed by atoms with Crippen LogP contribution in [0.2, 0.25) is 0 Å². The molecule has 0 atom stereocenters. The highest BCUT2D eigenvalue weighted by Gasteiger charge is 2.45. The molecule has 18 heavy (non-hydrogen) atoms. The van der Waals surface area contributed by atoms with E-state index in [1.807, 2.05) is 0 Å². The van der Waals surface area contributed by atoms with E-state index >= 15 is 0 Å². The van der Waals surface area contributed by atoms with Crippen molar-refractivity contribution < 1.29 is 17.9 Å². The van der Waals surface area contributed by atoms with Crippen molar-refractivity contribution in [1.29, 1.82) is 0 Å². The van der Waals surface area contributed by atoms with E-state index in [-0.39, 0.29) is 22.9 Å². The Morgan fingerprint density at radius 2 is 2.17 bits per heavy atom. The number of nitrogens with one attached hydrogen (secondary N) is 3. The number of aromatic nitrogens is 1. The molecule has 98 valence electrons. The van der Waals surface area contributed by atoms with E-state index in [1.165, 1.54) is 6.20 Å². The Morgan fingerprint density at radius 3 is 2.72 bits per heavy atom. The van der Waals surface area contributed by atoms with Gasteiger partial charge in [0.15, 0.2) is 5.75 Å². The fourth-order valence-electron chi connectivity index (χ4n) is 2.10. The van der Waals surface area contributed by atoms with Crippen LogP contribution >= 0.6 is 0 Å². The van der Waals surface area contributed by atoms with Crippen molar-refractivity contribution >= 4 is 15.9 Å². The summed E-state index contributed by atoms with van der Waals surface area (Å²) in [5.74, 6) is -0.757. The van der Waals surface area contributed by atoms with Gasteiger partial charge in [-0.1, -0.05) is 0 Å². The van der Waals surface area contributed by atoms with Gasteiger partial charge in [-0.05, 0) is 0 Å². The normalized spacial score (nSPS) is 23.6. The SMILES string of the molecule is NC(=O)c1[nH]cc2c1OCC1(CNC1)NS2(=O)=O. The zero-order valence-corrected chi connectivity index (χ0v) is 10.1. The number of nitrogens with two attached hydrogens (primary N) is 1. The number of primary amides is 1. The van der Waals surface area contributed by atoms with Crippen molar-refractivity contribution in [1.82, 2.24) is 15.0 Å². The molecule has 1 saturated heterocycles. The number of hydrogen-bond acceptors (Lipinski definition) is 5. The number of amides is 1. The van der Waals surface area contributed by atoms with Gasteiger partial charge in [0, 0.05) is 19.3 Å². The molecule has 3 heterocycles. The summed E-state index contributed by atoms with van der Waals surface area (Å²) in [4.78, 5) is 13.6. The highest BCUT2D eigenvalue weighted by Crippen LogP contribution is 2.33. The number of ether oxygens (including phenoxy) is 1. The van der Waals surface area contributed by atoms with Crippen molar-refractivity contribution in [2.75, 3.05) is 19.7 Å². The number of carbonyl (C=O) groups is 1. The molecular formula is C9H12N4O4S. The average molecular weight is 272 g/mol. The minimum atomic E-state index is -3.71. The number of sulfonamides is 1. The highest BCUT2D eigenvalue weighted by atomic mass is 32.2. The summed E-state index contributed by atoms with van der Waals surface area (Å²) < 4.78 is 32.3. The molecule has 0 bridgehead atoms. The van der Waals surface area contributed by atoms with Gasteiger partial charge in [-0.25, -0.2) is 8.42 Å². The minimum Gasteiger partial charge on any atom is -0.488 e. The molecule has 5 N–H and O–H groups in total. The number of fused-ring (bicyclic) bond motifs is 1. The maximum Gasteiger partial charge on any atom is 0.269 e. The topological polar surface area (TPSA) is 126 Å². The van der Waals surface area contributed by atoms with Gasteiger partial charge < -0.3 is 20.8 Å². The molecule has 3 rings (SSSR count). The number of hydrogen-bond donors (Lipinski definition) is 4. The van der Waals surface area contributed by atoms with Gasteiger partial charge >= 0.3 is 0 Å². The number of aromatic amines is 1. The molecule has 0 radical (unpaired) electrons. The molecule has 9 heteroatoms. The molecular weight excluding hydrogens is 260 g/mol. The van der Waals surface area contributed by atoms with Gasteiger partial charge in [-0.3, -0.25) is 4.79 Å². The first-order chi connectivity index (χ1) is 8.44. The Morgan fingerprint density at radius 1 is 1.44 bits per heavy atom. The van der Waals surface area contributed by atoms with Crippen molar-refractivity contribution in [3.8, 4) is 5.75 Å². The van der Waals surface area contributed by atoms with Crippen LogP contribution in [0.4, 0.5) is 0 Å². The lowest BCUT2D eigenvalue weighted by molar-refractivity contribution is 0.0986. The minimum absolute atomic E-state index is 0.00113. The lowest BCUT2D eigenvalue weighted by Crippen LogP contribution is -2.70. The van der Waals surface area contributed by atoms with Crippen LogP contribution in [-0.4, -0.2) is 44.5 Å². The average Bonchev–Trinajstić information content (AvgIpc) is 2.61. The molecule has 8 nitrogen and oxygen atoms in total. The summed E-state index contributed by atoms with van der Waals surface area (Å²) in [5, 5.41) is 2.99. The second-order valence-electron chi connectivity index (χ2n) is 4.50. The molecule has 0 unspecified atom stereocenters. The van der Waals surface area contributed by atoms with Crippen molar-refractivity contribution in [3.05, 3.63) is 11.9 Å². The standard InChI is InChI=1S/C9H12N4O4S/c10-8(14)6-7-5(1-12-6)18(15,16)13-9(4-17-7)2-11-3-9/h1,11-13H,2-4H2,(H2,10,14). The molecule has 1 aromatic heterocycles. The summed E-state index contributed by atoms with van der Waals surface area (Å²) in [7, 11) is -3.71. The monoisotopic (exact) mass is 272 g/mol. The lowest BCUT2D eigenvalue weighted by atomic mass is 9.95. The Labute approximate surface area is 103 Å². The quantitative estimate of drug-likeness (QED) is 0.476. The maximum atomic E-state index is 12.1. The molecule has 2 aliphatic rings. The zero-order valence-electron chi connectivity index (χ0n) is 9.32. The van der Waals surface area contributed by atoms with Gasteiger partial charge in [-0.15, -0.1) is 0 Å². The summed E-state index contributed by atoms with van der Waals surface area (Å²) in [6.45, 7) is 1.14. The van der Waals surface area contributed by atoms with E-state index in [0.29, 0.717) is 13.1 Å². The van der Waals surface area contributed by atoms with Gasteiger partial charge in [0.25, 0.3) is 5.91 Å². The Bertz CT molecular complexity index is 617. The van der Waals surface area contributed by atoms with E-state index in [9.17, 15) is 13.2 Å². The fourth-order valence-corrected chi connectivity index (χ4v) is 3.60. The number of H-pyrrole nitrogens is 1. The van der Waals surface area contributed by atoms with E-state index < -0.39 is 21.5 Å². The molecule has 1 spiro atoms. The number of rotatable bonds is 1. The van der Waals surface area contributed by atoms with E-state index in [0.717, 1.165) is 0 Å². The third-order valence-corrected chi connectivity index (χ3v) is 4.69. The Balaban J connectivity index is 2.10. The van der Waals surface area contributed by atoms with E-state index in [4.69, 9.17) is 10.5 Å². The molecule has 0 saturated carbocycles. The second kappa shape index (κ2) is 3.46. The summed E-state index contributed by atoms with van der Waals surface area (Å²) in [5.41, 5.74) is 4.49. The second-order valence-corrected chi connectivity index (χ2v) is 6.15. The Kier molecular flexibility index (Phi) is 2.22. The first-order valence-electron chi connectivity index (χ1n) is 5.32. The largest absolute Gasteiger partial charge is 0.488 e. The first kappa shape index (κ1) is 11.5. The van der Waals surface area contributed by atoms with Crippen LogP contribution < -0.4 is 20.5 Å². The van der Waals surface area contributed by atoms with Crippen LogP contribution in [0.25, 0.3) is 0 Å². The molecule has 1 aromatic rings. The van der Waals surface area contributed by atoms with Crippen LogP contribution in [-0.2, 0) is 10.0 Å². The van der Waals surface area contributed by atoms with Crippen molar-refractivity contribution in [2.24, 2.45) is 5.73 Å². The summed E-state index contributed by atoms with van der Waals surface area (Å²) in [6, 6.07) is 0. The van der Waals surface area contributed by atoms with E-state index in [1.54, 1.807) is 0 Å². The molecule has 0 aliphatic carbocycles. The first-order valence-corrected chi connectivity index (χ1v) is 6.81. The highest BCUT2D eigenvalue weighted by molar-refractivity contribution is 7.89. The van der Waals surface area contributed by atoms with E-state index in [2.05, 4.69) is 15.0 Å². The smallest absolute Gasteiger partial charge is 0.269 e. The molecule has 0 aromatic carbocycles. The molecule has 1 fully saturated rings. The van der Waals surface area contributed by atoms with Gasteiger partial charge in [0.2, 0.25) is 10.0 Å². The predicted octanol–water partition coefficient (Wildman–Crippen LogP) is -1.87. The van der Waals surface area contributed by atoms with Crippen LogP contribution in [0, 0.1) is 0 Å². The Hall–Kier alpha value is -1.58. The fraction of sp³-hybridized carbons (Fsp3) is 0.444. The van der Waals surface area contributed by atoms with Crippen LogP contribution in [0.5, 0.6) is 5.75 Å². The lowest BCUT2D eigenvalue weighted by Gasteiger charge is -2.40.